The molecule has 1 aliphatic rings. The molecule has 22 heavy (non-hydrogen) atoms. The van der Waals surface area contributed by atoms with Crippen molar-refractivity contribution in [3.63, 3.8) is 0 Å². The van der Waals surface area contributed by atoms with Gasteiger partial charge in [-0.15, -0.1) is 0 Å². The first-order valence-electron chi connectivity index (χ1n) is 9.11. The smallest absolute Gasteiger partial charge is 0.163 e. The van der Waals surface area contributed by atoms with Crippen LogP contribution in [0.25, 0.3) is 0 Å². The molecular weight excluding hydrogens is 276 g/mol. The summed E-state index contributed by atoms with van der Waals surface area (Å²) in [5.74, 6) is 0.200. The van der Waals surface area contributed by atoms with Crippen molar-refractivity contribution in [1.82, 2.24) is 0 Å². The highest BCUT2D eigenvalue weighted by atomic mass is 16.3. The normalized spacial score (nSPS) is 17.9. The highest BCUT2D eigenvalue weighted by Crippen LogP contribution is 2.22. The van der Waals surface area contributed by atoms with Crippen molar-refractivity contribution in [2.45, 2.75) is 96.8 Å². The Balaban J connectivity index is 2.06. The number of aliphatic hydroxyl groups is 1. The van der Waals surface area contributed by atoms with Gasteiger partial charge in [0.05, 0.1) is 5.76 Å². The van der Waals surface area contributed by atoms with E-state index in [9.17, 15) is 14.7 Å². The lowest BCUT2D eigenvalue weighted by molar-refractivity contribution is -0.125. The van der Waals surface area contributed by atoms with E-state index >= 15 is 0 Å². The van der Waals surface area contributed by atoms with Crippen molar-refractivity contribution in [3.05, 3.63) is 11.3 Å². The first kappa shape index (κ1) is 18.9. The SMILES string of the molecule is CCCCCCCCCCCC/C(O)=C1\CC(=O)CCC1=O. The standard InChI is InChI=1S/C19H32O3/c1-2-3-4-5-6-7-8-9-10-11-12-18(21)17-15-16(20)13-14-19(17)22/h21H,2-15H2,1H3/b18-17-. The van der Waals surface area contributed by atoms with Crippen molar-refractivity contribution < 1.29 is 14.7 Å². The van der Waals surface area contributed by atoms with E-state index in [1.54, 1.807) is 0 Å². The van der Waals surface area contributed by atoms with Crippen LogP contribution in [0.2, 0.25) is 0 Å². The van der Waals surface area contributed by atoms with Gasteiger partial charge in [-0.3, -0.25) is 9.59 Å². The summed E-state index contributed by atoms with van der Waals surface area (Å²) in [5, 5.41) is 9.99. The fourth-order valence-corrected chi connectivity index (χ4v) is 2.98. The van der Waals surface area contributed by atoms with E-state index in [1.807, 2.05) is 0 Å². The van der Waals surface area contributed by atoms with E-state index in [1.165, 1.54) is 51.4 Å². The molecule has 0 atom stereocenters. The number of hydrogen-bond acceptors (Lipinski definition) is 3. The van der Waals surface area contributed by atoms with Crippen molar-refractivity contribution in [2.75, 3.05) is 0 Å². The molecule has 0 bridgehead atoms. The third-order valence-electron chi connectivity index (χ3n) is 4.46. The van der Waals surface area contributed by atoms with E-state index in [2.05, 4.69) is 6.92 Å². The number of ketones is 2. The van der Waals surface area contributed by atoms with E-state index in [4.69, 9.17) is 0 Å². The van der Waals surface area contributed by atoms with Crippen LogP contribution in [0.1, 0.15) is 96.8 Å². The Kier molecular flexibility index (Phi) is 9.85. The molecular formula is C19H32O3. The molecule has 1 saturated carbocycles. The fourth-order valence-electron chi connectivity index (χ4n) is 2.98. The molecule has 0 unspecified atom stereocenters. The lowest BCUT2D eigenvalue weighted by Gasteiger charge is -2.14. The molecule has 1 N–H and O–H groups in total. The number of hydrogen-bond donors (Lipinski definition) is 1. The minimum Gasteiger partial charge on any atom is -0.512 e. The van der Waals surface area contributed by atoms with E-state index < -0.39 is 0 Å². The average molecular weight is 308 g/mol. The van der Waals surface area contributed by atoms with Gasteiger partial charge in [0.1, 0.15) is 5.78 Å². The molecule has 1 aliphatic carbocycles. The molecule has 1 fully saturated rings. The van der Waals surface area contributed by atoms with Crippen LogP contribution in [0.15, 0.2) is 11.3 Å². The Hall–Kier alpha value is -1.12. The van der Waals surface area contributed by atoms with Crippen molar-refractivity contribution in [2.24, 2.45) is 0 Å². The minimum absolute atomic E-state index is 0.0378. The number of carbonyl (C=O) groups is 2. The van der Waals surface area contributed by atoms with Crippen LogP contribution in [0.5, 0.6) is 0 Å². The molecule has 0 heterocycles. The number of aliphatic hydroxyl groups excluding tert-OH is 1. The second-order valence-electron chi connectivity index (χ2n) is 6.50. The van der Waals surface area contributed by atoms with Gasteiger partial charge in [-0.1, -0.05) is 64.7 Å². The number of Topliss-reactive ketones (excluding diaryl/α,β-unsaturated/α-hetero) is 2. The highest BCUT2D eigenvalue weighted by molar-refractivity contribution is 6.05. The summed E-state index contributed by atoms with van der Waals surface area (Å²) < 4.78 is 0. The second-order valence-corrected chi connectivity index (χ2v) is 6.50. The molecule has 0 amide bonds. The molecule has 0 aromatic carbocycles. The maximum absolute atomic E-state index is 11.7. The van der Waals surface area contributed by atoms with Crippen LogP contribution in [-0.2, 0) is 9.59 Å². The van der Waals surface area contributed by atoms with Crippen LogP contribution < -0.4 is 0 Å². The van der Waals surface area contributed by atoms with Gasteiger partial charge in [0.2, 0.25) is 0 Å². The summed E-state index contributed by atoms with van der Waals surface area (Å²) in [7, 11) is 0. The van der Waals surface area contributed by atoms with Crippen molar-refractivity contribution in [3.8, 4) is 0 Å². The fraction of sp³-hybridized carbons (Fsp3) is 0.789. The molecule has 3 nitrogen and oxygen atoms in total. The predicted octanol–water partition coefficient (Wildman–Crippen LogP) is 5.43. The summed E-state index contributed by atoms with van der Waals surface area (Å²) in [4.78, 5) is 23.1. The Morgan fingerprint density at radius 1 is 0.864 bits per heavy atom. The first-order valence-corrected chi connectivity index (χ1v) is 9.11. The van der Waals surface area contributed by atoms with Gasteiger partial charge in [0.15, 0.2) is 5.78 Å². The lowest BCUT2D eigenvalue weighted by atomic mass is 9.90. The number of carbonyl (C=O) groups excluding carboxylic acids is 2. The summed E-state index contributed by atoms with van der Waals surface area (Å²) in [6.07, 6.45) is 13.8. The summed E-state index contributed by atoms with van der Waals surface area (Å²) in [6, 6.07) is 0. The Morgan fingerprint density at radius 2 is 1.41 bits per heavy atom. The molecule has 0 radical (unpaired) electrons. The molecule has 0 aromatic rings. The van der Waals surface area contributed by atoms with Crippen LogP contribution in [0, 0.1) is 0 Å². The maximum atomic E-state index is 11.7. The zero-order chi connectivity index (χ0) is 16.2. The zero-order valence-corrected chi connectivity index (χ0v) is 14.2. The van der Waals surface area contributed by atoms with Crippen LogP contribution in [-0.4, -0.2) is 16.7 Å². The molecule has 0 aliphatic heterocycles. The Labute approximate surface area is 135 Å². The third kappa shape index (κ3) is 7.77. The molecule has 0 spiro atoms. The van der Waals surface area contributed by atoms with E-state index in [0.29, 0.717) is 18.4 Å². The summed E-state index contributed by atoms with van der Waals surface area (Å²) in [6.45, 7) is 2.24. The van der Waals surface area contributed by atoms with Crippen LogP contribution in [0.3, 0.4) is 0 Å². The van der Waals surface area contributed by atoms with E-state index in [0.717, 1.165) is 12.8 Å². The average Bonchev–Trinajstić information content (AvgIpc) is 2.51. The third-order valence-corrected chi connectivity index (χ3v) is 4.46. The van der Waals surface area contributed by atoms with Gasteiger partial charge in [0.25, 0.3) is 0 Å². The van der Waals surface area contributed by atoms with Gasteiger partial charge in [-0.2, -0.15) is 0 Å². The quantitative estimate of drug-likeness (QED) is 0.314. The maximum Gasteiger partial charge on any atom is 0.163 e. The topological polar surface area (TPSA) is 54.4 Å². The first-order chi connectivity index (χ1) is 10.6. The minimum atomic E-state index is -0.0378. The van der Waals surface area contributed by atoms with Crippen molar-refractivity contribution in [1.29, 1.82) is 0 Å². The largest absolute Gasteiger partial charge is 0.512 e. The predicted molar refractivity (Wildman–Crippen MR) is 90.0 cm³/mol. The van der Waals surface area contributed by atoms with Crippen LogP contribution >= 0.6 is 0 Å². The summed E-state index contributed by atoms with van der Waals surface area (Å²) >= 11 is 0. The van der Waals surface area contributed by atoms with E-state index in [-0.39, 0.29) is 30.2 Å². The molecule has 0 saturated heterocycles. The van der Waals surface area contributed by atoms with Gasteiger partial charge in [-0.25, -0.2) is 0 Å². The number of allylic oxidation sites excluding steroid dienone is 2. The van der Waals surface area contributed by atoms with Gasteiger partial charge >= 0.3 is 0 Å². The second kappa shape index (κ2) is 11.4. The lowest BCUT2D eigenvalue weighted by Crippen LogP contribution is -2.18. The van der Waals surface area contributed by atoms with Gasteiger partial charge in [0, 0.05) is 31.3 Å². The molecule has 3 heteroatoms. The van der Waals surface area contributed by atoms with Gasteiger partial charge < -0.3 is 5.11 Å². The Bertz CT molecular complexity index is 382. The number of rotatable bonds is 11. The zero-order valence-electron chi connectivity index (χ0n) is 14.2. The molecule has 1 rings (SSSR count). The van der Waals surface area contributed by atoms with Crippen molar-refractivity contribution >= 4 is 11.6 Å². The van der Waals surface area contributed by atoms with Crippen LogP contribution in [0.4, 0.5) is 0 Å². The number of unbranched alkanes of at least 4 members (excludes halogenated alkanes) is 9. The highest BCUT2D eigenvalue weighted by Gasteiger charge is 2.23. The molecule has 0 aromatic heterocycles. The van der Waals surface area contributed by atoms with Gasteiger partial charge in [-0.05, 0) is 6.42 Å². The molecule has 126 valence electrons. The Morgan fingerprint density at radius 3 is 2.00 bits per heavy atom. The summed E-state index contributed by atoms with van der Waals surface area (Å²) in [5.41, 5.74) is 0.382. The monoisotopic (exact) mass is 308 g/mol.